The van der Waals surface area contributed by atoms with Gasteiger partial charge < -0.3 is 9.30 Å². The summed E-state index contributed by atoms with van der Waals surface area (Å²) in [7, 11) is 1.42. The summed E-state index contributed by atoms with van der Waals surface area (Å²) in [5.41, 5.74) is 7.28. The maximum atomic E-state index is 12.1. The molecule has 0 spiro atoms. The lowest BCUT2D eigenvalue weighted by molar-refractivity contribution is -0.146. The fraction of sp³-hybridized carbons (Fsp3) is 0.286. The molecule has 0 saturated heterocycles. The van der Waals surface area contributed by atoms with Gasteiger partial charge in [0.1, 0.15) is 0 Å². The van der Waals surface area contributed by atoms with Gasteiger partial charge in [0.15, 0.2) is 0 Å². The van der Waals surface area contributed by atoms with Crippen LogP contribution in [0, 0.1) is 0 Å². The van der Waals surface area contributed by atoms with Gasteiger partial charge in [0.05, 0.1) is 29.9 Å². The number of methoxy groups -OCH3 is 1. The highest BCUT2D eigenvalue weighted by atomic mass is 16.5. The average Bonchev–Trinajstić information content (AvgIpc) is 3.26. The van der Waals surface area contributed by atoms with Crippen molar-refractivity contribution in [3.8, 4) is 16.9 Å². The molecule has 0 amide bonds. The molecule has 0 radical (unpaired) electrons. The fourth-order valence-electron chi connectivity index (χ4n) is 4.38. The molecule has 2 aromatic heterocycles. The van der Waals surface area contributed by atoms with E-state index in [-0.39, 0.29) is 5.97 Å². The van der Waals surface area contributed by atoms with E-state index in [1.807, 2.05) is 44.3 Å². The van der Waals surface area contributed by atoms with E-state index >= 15 is 0 Å². The number of benzene rings is 2. The maximum Gasteiger partial charge on any atom is 0.315 e. The number of hydrogen-bond donors (Lipinski definition) is 0. The third kappa shape index (κ3) is 3.70. The van der Waals surface area contributed by atoms with Gasteiger partial charge in [-0.3, -0.25) is 9.78 Å². The average molecular weight is 427 g/mol. The number of pyridine rings is 1. The van der Waals surface area contributed by atoms with Gasteiger partial charge in [0, 0.05) is 22.8 Å². The molecule has 0 fully saturated rings. The van der Waals surface area contributed by atoms with Gasteiger partial charge in [-0.2, -0.15) is 0 Å². The zero-order chi connectivity index (χ0) is 22.9. The molecule has 4 aromatic rings. The smallest absolute Gasteiger partial charge is 0.315 e. The molecule has 0 aliphatic rings. The number of esters is 1. The molecule has 2 heterocycles. The third-order valence-corrected chi connectivity index (χ3v) is 6.39. The minimum Gasteiger partial charge on any atom is -0.468 e. The Morgan fingerprint density at radius 2 is 1.66 bits per heavy atom. The van der Waals surface area contributed by atoms with E-state index < -0.39 is 5.41 Å². The summed E-state index contributed by atoms with van der Waals surface area (Å²) in [4.78, 5) is 17.0. The first-order valence-electron chi connectivity index (χ1n) is 11.2. The number of ether oxygens (including phenoxy) is 1. The Kier molecular flexibility index (Phi) is 5.88. The van der Waals surface area contributed by atoms with Gasteiger partial charge in [0.2, 0.25) is 0 Å². The van der Waals surface area contributed by atoms with E-state index in [0.717, 1.165) is 40.7 Å². The summed E-state index contributed by atoms with van der Waals surface area (Å²) >= 11 is 0. The molecular formula is C28H30N2O2. The summed E-state index contributed by atoms with van der Waals surface area (Å²) in [6, 6.07) is 18.9. The Balaban J connectivity index is 1.73. The zero-order valence-electron chi connectivity index (χ0n) is 19.5. The lowest BCUT2D eigenvalue weighted by atomic mass is 9.85. The third-order valence-electron chi connectivity index (χ3n) is 6.39. The van der Waals surface area contributed by atoms with Crippen LogP contribution in [-0.2, 0) is 27.8 Å². The molecule has 4 heteroatoms. The monoisotopic (exact) mass is 426 g/mol. The van der Waals surface area contributed by atoms with Gasteiger partial charge in [-0.15, -0.1) is 0 Å². The Bertz CT molecular complexity index is 1240. The van der Waals surface area contributed by atoms with Gasteiger partial charge in [-0.25, -0.2) is 0 Å². The maximum absolute atomic E-state index is 12.1. The lowest BCUT2D eigenvalue weighted by Gasteiger charge is -2.22. The van der Waals surface area contributed by atoms with Crippen LogP contribution in [0.15, 0.2) is 67.0 Å². The Morgan fingerprint density at radius 1 is 1.00 bits per heavy atom. The Labute approximate surface area is 189 Å². The number of carbonyl (C=O) groups excluding carboxylic acids is 1. The predicted octanol–water partition coefficient (Wildman–Crippen LogP) is 6.27. The molecule has 0 bridgehead atoms. The van der Waals surface area contributed by atoms with Crippen molar-refractivity contribution < 1.29 is 9.53 Å². The normalized spacial score (nSPS) is 11.7. The van der Waals surface area contributed by atoms with E-state index in [4.69, 9.17) is 9.72 Å². The molecule has 4 nitrogen and oxygen atoms in total. The van der Waals surface area contributed by atoms with Crippen molar-refractivity contribution in [3.05, 3.63) is 83.7 Å². The Morgan fingerprint density at radius 3 is 2.25 bits per heavy atom. The van der Waals surface area contributed by atoms with Crippen LogP contribution in [0.4, 0.5) is 0 Å². The summed E-state index contributed by atoms with van der Waals surface area (Å²) in [5, 5.41) is 1.15. The second-order valence-corrected chi connectivity index (χ2v) is 8.64. The number of nitrogens with zero attached hydrogens (tertiary/aromatic N) is 2. The van der Waals surface area contributed by atoms with E-state index in [1.54, 1.807) is 0 Å². The first-order chi connectivity index (χ1) is 15.4. The van der Waals surface area contributed by atoms with Crippen LogP contribution in [0.5, 0.6) is 0 Å². The molecule has 0 aliphatic carbocycles. The van der Waals surface area contributed by atoms with E-state index in [9.17, 15) is 4.79 Å². The quantitative estimate of drug-likeness (QED) is 0.341. The van der Waals surface area contributed by atoms with Crippen LogP contribution in [0.1, 0.15) is 44.4 Å². The molecule has 0 saturated carbocycles. The number of rotatable bonds is 6. The summed E-state index contributed by atoms with van der Waals surface area (Å²) in [6.45, 7) is 8.14. The first kappa shape index (κ1) is 21.8. The molecular weight excluding hydrogens is 396 g/mol. The Hall–Kier alpha value is -3.40. The van der Waals surface area contributed by atoms with E-state index in [2.05, 4.69) is 54.9 Å². The molecule has 0 aliphatic heterocycles. The predicted molar refractivity (Wildman–Crippen MR) is 130 cm³/mol. The van der Waals surface area contributed by atoms with E-state index in [1.165, 1.54) is 23.8 Å². The molecule has 32 heavy (non-hydrogen) atoms. The second kappa shape index (κ2) is 8.62. The van der Waals surface area contributed by atoms with Crippen LogP contribution in [-0.4, -0.2) is 22.6 Å². The van der Waals surface area contributed by atoms with Crippen molar-refractivity contribution in [1.82, 2.24) is 9.55 Å². The van der Waals surface area contributed by atoms with Crippen molar-refractivity contribution in [1.29, 1.82) is 0 Å². The summed E-state index contributed by atoms with van der Waals surface area (Å²) in [5.74, 6) is -0.243. The molecule has 2 aromatic carbocycles. The minimum atomic E-state index is -0.688. The van der Waals surface area contributed by atoms with Crippen molar-refractivity contribution in [2.75, 3.05) is 7.11 Å². The van der Waals surface area contributed by atoms with Crippen molar-refractivity contribution in [2.45, 2.75) is 46.0 Å². The molecule has 0 atom stereocenters. The SMILES string of the molecule is CCc1cccc(CC)c1-c1cc2ccn(-c3ccc(C(C)(C)C(=O)OC)cc3)c2cn1. The fourth-order valence-corrected chi connectivity index (χ4v) is 4.38. The van der Waals surface area contributed by atoms with Gasteiger partial charge in [-0.1, -0.05) is 44.2 Å². The number of aryl methyl sites for hydroxylation is 2. The second-order valence-electron chi connectivity index (χ2n) is 8.64. The molecule has 0 N–H and O–H groups in total. The van der Waals surface area contributed by atoms with Gasteiger partial charge >= 0.3 is 5.97 Å². The topological polar surface area (TPSA) is 44.1 Å². The number of hydrogen-bond acceptors (Lipinski definition) is 3. The minimum absolute atomic E-state index is 0.243. The van der Waals surface area contributed by atoms with Crippen molar-refractivity contribution >= 4 is 16.9 Å². The van der Waals surface area contributed by atoms with Crippen LogP contribution in [0.2, 0.25) is 0 Å². The van der Waals surface area contributed by atoms with Crippen LogP contribution >= 0.6 is 0 Å². The van der Waals surface area contributed by atoms with E-state index in [0.29, 0.717) is 0 Å². The molecule has 0 unspecified atom stereocenters. The molecule has 4 rings (SSSR count). The van der Waals surface area contributed by atoms with Crippen molar-refractivity contribution in [2.24, 2.45) is 0 Å². The molecule has 164 valence electrons. The van der Waals surface area contributed by atoms with Crippen LogP contribution < -0.4 is 0 Å². The summed E-state index contributed by atoms with van der Waals surface area (Å²) in [6.07, 6.45) is 6.00. The highest BCUT2D eigenvalue weighted by Crippen LogP contribution is 2.31. The number of aromatic nitrogens is 2. The van der Waals surface area contributed by atoms with Gasteiger partial charge in [-0.05, 0) is 67.6 Å². The zero-order valence-corrected chi connectivity index (χ0v) is 19.5. The highest BCUT2D eigenvalue weighted by Gasteiger charge is 2.30. The highest BCUT2D eigenvalue weighted by molar-refractivity contribution is 5.86. The van der Waals surface area contributed by atoms with Crippen molar-refractivity contribution in [3.63, 3.8) is 0 Å². The van der Waals surface area contributed by atoms with Crippen LogP contribution in [0.25, 0.3) is 27.8 Å². The number of carbonyl (C=O) groups is 1. The number of fused-ring (bicyclic) bond motifs is 1. The van der Waals surface area contributed by atoms with Gasteiger partial charge in [0.25, 0.3) is 0 Å². The van der Waals surface area contributed by atoms with Crippen LogP contribution in [0.3, 0.4) is 0 Å². The lowest BCUT2D eigenvalue weighted by Crippen LogP contribution is -2.30. The largest absolute Gasteiger partial charge is 0.468 e. The first-order valence-corrected chi connectivity index (χ1v) is 11.2. The summed E-state index contributed by atoms with van der Waals surface area (Å²) < 4.78 is 7.09. The standard InChI is InChI=1S/C28H30N2O2/c1-6-19-9-8-10-20(7-2)26(19)24-17-21-15-16-30(25(21)18-29-24)23-13-11-22(12-14-23)28(3,4)27(31)32-5/h8-18H,6-7H2,1-5H3.